The van der Waals surface area contributed by atoms with Crippen LogP contribution in [-0.4, -0.2) is 47.6 Å². The van der Waals surface area contributed by atoms with Gasteiger partial charge in [0, 0.05) is 0 Å². The molecule has 0 aromatic rings. The predicted molar refractivity (Wildman–Crippen MR) is 72.8 cm³/mol. The Balaban J connectivity index is 2.45. The van der Waals surface area contributed by atoms with E-state index in [1.54, 1.807) is 11.8 Å². The lowest BCUT2D eigenvalue weighted by atomic mass is 10.1. The van der Waals surface area contributed by atoms with Crippen LogP contribution in [0.5, 0.6) is 0 Å². The van der Waals surface area contributed by atoms with Crippen molar-refractivity contribution in [1.82, 2.24) is 10.6 Å². The first-order chi connectivity index (χ1) is 8.65. The molecule has 1 rings (SSSR count). The smallest absolute Gasteiger partial charge is 0.326 e. The van der Waals surface area contributed by atoms with Crippen molar-refractivity contribution in [2.45, 2.75) is 44.2 Å². The van der Waals surface area contributed by atoms with Gasteiger partial charge in [-0.2, -0.15) is 11.8 Å². The molecule has 104 valence electrons. The maximum atomic E-state index is 12.0. The van der Waals surface area contributed by atoms with Crippen molar-refractivity contribution >= 4 is 23.6 Å². The lowest BCUT2D eigenvalue weighted by Gasteiger charge is -2.19. The van der Waals surface area contributed by atoms with E-state index in [0.29, 0.717) is 6.42 Å². The third-order valence-corrected chi connectivity index (χ3v) is 3.75. The number of carbonyl (C=O) groups is 2. The van der Waals surface area contributed by atoms with Crippen LogP contribution in [0.15, 0.2) is 0 Å². The zero-order valence-electron chi connectivity index (χ0n) is 10.8. The molecule has 5 nitrogen and oxygen atoms in total. The van der Waals surface area contributed by atoms with Crippen LogP contribution in [0.3, 0.4) is 0 Å². The Hall–Kier alpha value is -0.750. The lowest BCUT2D eigenvalue weighted by Crippen LogP contribution is -2.50. The standard InChI is InChI=1S/C12H22N2O3S/c1-18-8-6-10(12(16)17)14-11(15)9-5-3-2-4-7-13-9/h9-10,13H,2-8H2,1H3,(H,14,15)(H,16,17)/t9?,10-/m0/s1. The van der Waals surface area contributed by atoms with E-state index >= 15 is 0 Å². The van der Waals surface area contributed by atoms with Crippen molar-refractivity contribution in [2.24, 2.45) is 0 Å². The average Bonchev–Trinajstić information content (AvgIpc) is 2.62. The van der Waals surface area contributed by atoms with Gasteiger partial charge in [0.1, 0.15) is 6.04 Å². The van der Waals surface area contributed by atoms with E-state index in [-0.39, 0.29) is 11.9 Å². The lowest BCUT2D eigenvalue weighted by molar-refractivity contribution is -0.142. The Morgan fingerprint density at radius 2 is 2.22 bits per heavy atom. The van der Waals surface area contributed by atoms with E-state index in [4.69, 9.17) is 5.11 Å². The van der Waals surface area contributed by atoms with E-state index < -0.39 is 12.0 Å². The summed E-state index contributed by atoms with van der Waals surface area (Å²) in [5, 5.41) is 14.9. The van der Waals surface area contributed by atoms with Crippen LogP contribution in [0.4, 0.5) is 0 Å². The van der Waals surface area contributed by atoms with Gasteiger partial charge in [-0.3, -0.25) is 4.79 Å². The van der Waals surface area contributed by atoms with Crippen LogP contribution in [-0.2, 0) is 9.59 Å². The highest BCUT2D eigenvalue weighted by molar-refractivity contribution is 7.98. The van der Waals surface area contributed by atoms with Crippen LogP contribution in [0, 0.1) is 0 Å². The Labute approximate surface area is 112 Å². The number of amides is 1. The number of rotatable bonds is 6. The number of nitrogens with one attached hydrogen (secondary N) is 2. The minimum atomic E-state index is -0.953. The quantitative estimate of drug-likeness (QED) is 0.669. The molecular weight excluding hydrogens is 252 g/mol. The number of hydrogen-bond donors (Lipinski definition) is 3. The van der Waals surface area contributed by atoms with Crippen LogP contribution < -0.4 is 10.6 Å². The molecule has 6 heteroatoms. The third kappa shape index (κ3) is 5.27. The molecule has 1 fully saturated rings. The zero-order valence-corrected chi connectivity index (χ0v) is 11.6. The fourth-order valence-electron chi connectivity index (χ4n) is 2.02. The second-order valence-corrected chi connectivity index (χ2v) is 5.52. The summed E-state index contributed by atoms with van der Waals surface area (Å²) in [7, 11) is 0. The molecule has 1 aliphatic rings. The number of carboxylic acids is 1. The van der Waals surface area contributed by atoms with Gasteiger partial charge in [0.05, 0.1) is 6.04 Å². The fraction of sp³-hybridized carbons (Fsp3) is 0.833. The highest BCUT2D eigenvalue weighted by Gasteiger charge is 2.25. The molecule has 1 aliphatic heterocycles. The molecule has 0 radical (unpaired) electrons. The number of aliphatic carboxylic acids is 1. The molecule has 0 aliphatic carbocycles. The first kappa shape index (κ1) is 15.3. The number of thioether (sulfide) groups is 1. The minimum absolute atomic E-state index is 0.176. The third-order valence-electron chi connectivity index (χ3n) is 3.10. The molecule has 0 aromatic carbocycles. The van der Waals surface area contributed by atoms with Crippen LogP contribution in [0.25, 0.3) is 0 Å². The number of hydrogen-bond acceptors (Lipinski definition) is 4. The van der Waals surface area contributed by atoms with Gasteiger partial charge < -0.3 is 15.7 Å². The molecule has 1 unspecified atom stereocenters. The van der Waals surface area contributed by atoms with Crippen LogP contribution in [0.2, 0.25) is 0 Å². The topological polar surface area (TPSA) is 78.4 Å². The molecule has 0 bridgehead atoms. The predicted octanol–water partition coefficient (Wildman–Crippen LogP) is 0.841. The van der Waals surface area contributed by atoms with Crippen molar-refractivity contribution in [3.63, 3.8) is 0 Å². The molecule has 1 heterocycles. The monoisotopic (exact) mass is 274 g/mol. The normalized spacial score (nSPS) is 21.9. The molecule has 0 saturated carbocycles. The Morgan fingerprint density at radius 3 is 2.89 bits per heavy atom. The summed E-state index contributed by atoms with van der Waals surface area (Å²) in [6.07, 6.45) is 6.42. The summed E-state index contributed by atoms with van der Waals surface area (Å²) >= 11 is 1.58. The molecule has 18 heavy (non-hydrogen) atoms. The van der Waals surface area contributed by atoms with Gasteiger partial charge in [0.15, 0.2) is 0 Å². The van der Waals surface area contributed by atoms with Crippen LogP contribution in [0.1, 0.15) is 32.1 Å². The minimum Gasteiger partial charge on any atom is -0.480 e. The van der Waals surface area contributed by atoms with E-state index in [1.165, 1.54) is 0 Å². The summed E-state index contributed by atoms with van der Waals surface area (Å²) in [5.41, 5.74) is 0. The summed E-state index contributed by atoms with van der Waals surface area (Å²) in [4.78, 5) is 23.0. The Bertz CT molecular complexity index is 278. The van der Waals surface area contributed by atoms with Crippen molar-refractivity contribution in [3.05, 3.63) is 0 Å². The highest BCUT2D eigenvalue weighted by Crippen LogP contribution is 2.09. The maximum Gasteiger partial charge on any atom is 0.326 e. The van der Waals surface area contributed by atoms with Gasteiger partial charge >= 0.3 is 5.97 Å². The summed E-state index contributed by atoms with van der Waals surface area (Å²) in [6, 6.07) is -1.00. The van der Waals surface area contributed by atoms with Gasteiger partial charge in [0.25, 0.3) is 0 Å². The van der Waals surface area contributed by atoms with Crippen LogP contribution >= 0.6 is 11.8 Å². The second kappa shape index (κ2) is 8.37. The SMILES string of the molecule is CSCC[C@H](NC(=O)C1CCCCCN1)C(=O)O. The largest absolute Gasteiger partial charge is 0.480 e. The van der Waals surface area contributed by atoms with Crippen molar-refractivity contribution in [2.75, 3.05) is 18.6 Å². The van der Waals surface area contributed by atoms with Gasteiger partial charge in [0.2, 0.25) is 5.91 Å². The first-order valence-corrected chi connectivity index (χ1v) is 7.80. The second-order valence-electron chi connectivity index (χ2n) is 4.54. The summed E-state index contributed by atoms with van der Waals surface area (Å²) < 4.78 is 0. The van der Waals surface area contributed by atoms with Gasteiger partial charge in [-0.15, -0.1) is 0 Å². The molecule has 1 amide bonds. The Morgan fingerprint density at radius 1 is 1.44 bits per heavy atom. The van der Waals surface area contributed by atoms with E-state index in [1.807, 2.05) is 6.26 Å². The number of carbonyl (C=O) groups excluding carboxylic acids is 1. The summed E-state index contributed by atoms with van der Waals surface area (Å²) in [5.74, 6) is -0.397. The van der Waals surface area contributed by atoms with Crippen molar-refractivity contribution in [1.29, 1.82) is 0 Å². The molecule has 1 saturated heterocycles. The van der Waals surface area contributed by atoms with E-state index in [9.17, 15) is 9.59 Å². The molecule has 3 N–H and O–H groups in total. The molecular formula is C12H22N2O3S. The maximum absolute atomic E-state index is 12.0. The first-order valence-electron chi connectivity index (χ1n) is 6.40. The Kier molecular flexibility index (Phi) is 7.12. The molecule has 0 spiro atoms. The number of carboxylic acid groups (broad SMARTS) is 1. The molecule has 2 atom stereocenters. The van der Waals surface area contributed by atoms with Crippen molar-refractivity contribution in [3.8, 4) is 0 Å². The van der Waals surface area contributed by atoms with E-state index in [2.05, 4.69) is 10.6 Å². The molecule has 0 aromatic heterocycles. The zero-order chi connectivity index (χ0) is 13.4. The summed E-state index contributed by atoms with van der Waals surface area (Å²) in [6.45, 7) is 0.834. The van der Waals surface area contributed by atoms with Crippen molar-refractivity contribution < 1.29 is 14.7 Å². The van der Waals surface area contributed by atoms with Gasteiger partial charge in [-0.05, 0) is 37.8 Å². The van der Waals surface area contributed by atoms with Gasteiger partial charge in [-0.25, -0.2) is 4.79 Å². The van der Waals surface area contributed by atoms with Gasteiger partial charge in [-0.1, -0.05) is 12.8 Å². The average molecular weight is 274 g/mol. The highest BCUT2D eigenvalue weighted by atomic mass is 32.2. The fourth-order valence-corrected chi connectivity index (χ4v) is 2.49. The van der Waals surface area contributed by atoms with E-state index in [0.717, 1.165) is 38.0 Å².